The van der Waals surface area contributed by atoms with Gasteiger partial charge >= 0.3 is 0 Å². The first kappa shape index (κ1) is 13.2. The van der Waals surface area contributed by atoms with Crippen LogP contribution in [0.25, 0.3) is 0 Å². The van der Waals surface area contributed by atoms with Crippen LogP contribution in [-0.4, -0.2) is 15.9 Å². The molecule has 0 atom stereocenters. The van der Waals surface area contributed by atoms with Crippen molar-refractivity contribution in [3.8, 4) is 0 Å². The summed E-state index contributed by atoms with van der Waals surface area (Å²) in [5, 5.41) is 2.50. The lowest BCUT2D eigenvalue weighted by Crippen LogP contribution is -2.19. The molecule has 2 rings (SSSR count). The predicted octanol–water partition coefficient (Wildman–Crippen LogP) is 2.01. The highest BCUT2D eigenvalue weighted by molar-refractivity contribution is 7.80. The van der Waals surface area contributed by atoms with Crippen molar-refractivity contribution in [3.05, 3.63) is 47.4 Å². The van der Waals surface area contributed by atoms with E-state index in [9.17, 15) is 9.18 Å². The molecule has 0 unspecified atom stereocenters. The highest BCUT2D eigenvalue weighted by atomic mass is 32.1. The summed E-state index contributed by atoms with van der Waals surface area (Å²) in [4.78, 5) is 15.6. The number of benzene rings is 1. The maximum Gasteiger partial charge on any atom is 0.293 e. The van der Waals surface area contributed by atoms with Crippen molar-refractivity contribution >= 4 is 28.8 Å². The molecule has 0 spiro atoms. The van der Waals surface area contributed by atoms with Crippen LogP contribution in [0.1, 0.15) is 21.8 Å². The number of rotatable bonds is 3. The van der Waals surface area contributed by atoms with Crippen molar-refractivity contribution in [2.75, 3.05) is 5.32 Å². The Morgan fingerprint density at radius 3 is 2.84 bits per heavy atom. The second-order valence-electron chi connectivity index (χ2n) is 3.75. The van der Waals surface area contributed by atoms with Gasteiger partial charge in [0.1, 0.15) is 10.8 Å². The van der Waals surface area contributed by atoms with Gasteiger partial charge in [-0.2, -0.15) is 0 Å². The third kappa shape index (κ3) is 2.60. The molecule has 1 amide bonds. The number of carbonyl (C=O) groups is 1. The lowest BCUT2D eigenvalue weighted by atomic mass is 10.1. The maximum atomic E-state index is 13.6. The van der Waals surface area contributed by atoms with E-state index in [1.807, 2.05) is 0 Å². The van der Waals surface area contributed by atoms with Crippen LogP contribution in [-0.2, 0) is 0 Å². The summed E-state index contributed by atoms with van der Waals surface area (Å²) in [5.74, 6) is -1.09. The van der Waals surface area contributed by atoms with Crippen LogP contribution in [0.2, 0.25) is 0 Å². The van der Waals surface area contributed by atoms with E-state index in [0.29, 0.717) is 5.69 Å². The number of hydrogen-bond acceptors (Lipinski definition) is 4. The Morgan fingerprint density at radius 2 is 2.26 bits per heavy atom. The molecular weight excluding hydrogens is 269 g/mol. The molecule has 7 heteroatoms. The summed E-state index contributed by atoms with van der Waals surface area (Å²) in [5.41, 5.74) is 6.06. The molecule has 3 N–H and O–H groups in total. The first-order chi connectivity index (χ1) is 9.00. The monoisotopic (exact) mass is 279 g/mol. The van der Waals surface area contributed by atoms with Crippen LogP contribution >= 0.6 is 12.2 Å². The number of halogens is 1. The van der Waals surface area contributed by atoms with Crippen molar-refractivity contribution in [1.29, 1.82) is 0 Å². The first-order valence-corrected chi connectivity index (χ1v) is 5.71. The van der Waals surface area contributed by atoms with Gasteiger partial charge in [-0.05, 0) is 19.1 Å². The number of nitrogens with zero attached hydrogens (tertiary/aromatic N) is 1. The average Bonchev–Trinajstić information content (AvgIpc) is 2.75. The van der Waals surface area contributed by atoms with Gasteiger partial charge in [0.25, 0.3) is 5.91 Å². The highest BCUT2D eigenvalue weighted by Gasteiger charge is 2.18. The van der Waals surface area contributed by atoms with Gasteiger partial charge in [-0.1, -0.05) is 18.3 Å². The Labute approximate surface area is 113 Å². The lowest BCUT2D eigenvalue weighted by molar-refractivity contribution is 0.0996. The van der Waals surface area contributed by atoms with Crippen LogP contribution in [0.5, 0.6) is 0 Å². The summed E-state index contributed by atoms with van der Waals surface area (Å²) >= 11 is 4.77. The van der Waals surface area contributed by atoms with Gasteiger partial charge < -0.3 is 15.5 Å². The Morgan fingerprint density at radius 1 is 1.53 bits per heavy atom. The number of aryl methyl sites for hydroxylation is 1. The van der Waals surface area contributed by atoms with E-state index in [-0.39, 0.29) is 22.0 Å². The second-order valence-corrected chi connectivity index (χ2v) is 4.19. The average molecular weight is 279 g/mol. The van der Waals surface area contributed by atoms with Gasteiger partial charge in [0, 0.05) is 0 Å². The number of hydrogen-bond donors (Lipinski definition) is 2. The van der Waals surface area contributed by atoms with Gasteiger partial charge in [-0.15, -0.1) is 0 Å². The minimum Gasteiger partial charge on any atom is -0.438 e. The summed E-state index contributed by atoms with van der Waals surface area (Å²) < 4.78 is 18.6. The topological polar surface area (TPSA) is 81.2 Å². The zero-order chi connectivity index (χ0) is 14.0. The van der Waals surface area contributed by atoms with Gasteiger partial charge in [0.15, 0.2) is 6.39 Å². The third-order valence-electron chi connectivity index (χ3n) is 2.46. The Hall–Kier alpha value is -2.28. The summed E-state index contributed by atoms with van der Waals surface area (Å²) in [7, 11) is 0. The third-order valence-corrected chi connectivity index (χ3v) is 2.66. The molecule has 2 aromatic rings. The number of nitrogens with one attached hydrogen (secondary N) is 1. The Balaban J connectivity index is 2.35. The predicted molar refractivity (Wildman–Crippen MR) is 71.5 cm³/mol. The van der Waals surface area contributed by atoms with E-state index >= 15 is 0 Å². The fraction of sp³-hybridized carbons (Fsp3) is 0.0833. The van der Waals surface area contributed by atoms with Crippen molar-refractivity contribution in [2.45, 2.75) is 6.92 Å². The maximum absolute atomic E-state index is 13.6. The van der Waals surface area contributed by atoms with Crippen LogP contribution in [0.15, 0.2) is 29.0 Å². The molecule has 0 saturated carbocycles. The molecular formula is C12H10FN3O2S. The van der Waals surface area contributed by atoms with Gasteiger partial charge in [0.2, 0.25) is 5.76 Å². The van der Waals surface area contributed by atoms with Gasteiger partial charge in [-0.25, -0.2) is 9.37 Å². The number of amides is 1. The number of aromatic nitrogens is 1. The number of oxazole rings is 1. The SMILES string of the molecule is Cc1ncoc1C(=O)Nc1cccc(F)c1C(N)=S. The van der Waals surface area contributed by atoms with E-state index in [0.717, 1.165) is 6.39 Å². The molecule has 1 aromatic heterocycles. The standard InChI is InChI=1S/C12H10FN3O2S/c1-6-10(18-5-15-6)12(17)16-8-4-2-3-7(13)9(8)11(14)19/h2-5H,1H3,(H2,14,19)(H,16,17). The van der Waals surface area contributed by atoms with Gasteiger partial charge in [0.05, 0.1) is 16.9 Å². The molecule has 0 aliphatic heterocycles. The molecule has 1 heterocycles. The molecule has 0 saturated heterocycles. The molecule has 0 fully saturated rings. The molecule has 98 valence electrons. The van der Waals surface area contributed by atoms with Crippen LogP contribution in [0, 0.1) is 12.7 Å². The first-order valence-electron chi connectivity index (χ1n) is 5.30. The molecule has 5 nitrogen and oxygen atoms in total. The molecule has 19 heavy (non-hydrogen) atoms. The highest BCUT2D eigenvalue weighted by Crippen LogP contribution is 2.20. The second kappa shape index (κ2) is 5.15. The quantitative estimate of drug-likeness (QED) is 0.840. The van der Waals surface area contributed by atoms with E-state index < -0.39 is 11.7 Å². The molecule has 0 aliphatic rings. The van der Waals surface area contributed by atoms with Gasteiger partial charge in [-0.3, -0.25) is 4.79 Å². The van der Waals surface area contributed by atoms with Crippen molar-refractivity contribution < 1.29 is 13.6 Å². The summed E-state index contributed by atoms with van der Waals surface area (Å²) in [6.45, 7) is 1.62. The molecule has 0 bridgehead atoms. The Kier molecular flexibility index (Phi) is 3.57. The van der Waals surface area contributed by atoms with Crippen LogP contribution in [0.4, 0.5) is 10.1 Å². The smallest absolute Gasteiger partial charge is 0.293 e. The molecule has 1 aromatic carbocycles. The fourth-order valence-corrected chi connectivity index (χ4v) is 1.79. The zero-order valence-electron chi connectivity index (χ0n) is 9.94. The van der Waals surface area contributed by atoms with Crippen LogP contribution in [0.3, 0.4) is 0 Å². The normalized spacial score (nSPS) is 10.2. The van der Waals surface area contributed by atoms with Crippen LogP contribution < -0.4 is 11.1 Å². The molecule has 0 radical (unpaired) electrons. The molecule has 0 aliphatic carbocycles. The number of thiocarbonyl (C=S) groups is 1. The number of carbonyl (C=O) groups excluding carboxylic acids is 1. The van der Waals surface area contributed by atoms with Crippen molar-refractivity contribution in [1.82, 2.24) is 4.98 Å². The fourth-order valence-electron chi connectivity index (χ4n) is 1.58. The van der Waals surface area contributed by atoms with E-state index in [4.69, 9.17) is 22.4 Å². The van der Waals surface area contributed by atoms with E-state index in [1.54, 1.807) is 6.92 Å². The lowest BCUT2D eigenvalue weighted by Gasteiger charge is -2.09. The number of anilines is 1. The minimum atomic E-state index is -0.598. The minimum absolute atomic E-state index is 0.0111. The van der Waals surface area contributed by atoms with Crippen molar-refractivity contribution in [3.63, 3.8) is 0 Å². The Bertz CT molecular complexity index is 654. The zero-order valence-corrected chi connectivity index (χ0v) is 10.8. The summed E-state index contributed by atoms with van der Waals surface area (Å²) in [6, 6.07) is 4.16. The number of nitrogens with two attached hydrogens (primary N) is 1. The van der Waals surface area contributed by atoms with E-state index in [2.05, 4.69) is 10.3 Å². The summed E-state index contributed by atoms with van der Waals surface area (Å²) in [6.07, 6.45) is 1.16. The van der Waals surface area contributed by atoms with Crippen molar-refractivity contribution in [2.24, 2.45) is 5.73 Å². The largest absolute Gasteiger partial charge is 0.438 e. The van der Waals surface area contributed by atoms with E-state index in [1.165, 1.54) is 18.2 Å².